The molecule has 2 nitrogen and oxygen atoms in total. The standard InChI is InChI=1S/C10H11F2NO/c1-5-3-7(6(2)14)9(13)8(4-5)10(11)12/h3-4,10H,13H2,1-2H3. The van der Waals surface area contributed by atoms with Crippen LogP contribution in [0.1, 0.15) is 34.8 Å². The quantitative estimate of drug-likeness (QED) is 0.587. The summed E-state index contributed by atoms with van der Waals surface area (Å²) >= 11 is 0. The molecular weight excluding hydrogens is 188 g/mol. The van der Waals surface area contributed by atoms with Gasteiger partial charge in [-0.1, -0.05) is 0 Å². The molecule has 0 aliphatic carbocycles. The van der Waals surface area contributed by atoms with Crippen LogP contribution >= 0.6 is 0 Å². The molecule has 0 aliphatic rings. The summed E-state index contributed by atoms with van der Waals surface area (Å²) in [6.45, 7) is 2.96. The molecule has 2 N–H and O–H groups in total. The van der Waals surface area contributed by atoms with Crippen molar-refractivity contribution in [2.24, 2.45) is 0 Å². The van der Waals surface area contributed by atoms with Crippen LogP contribution in [0.4, 0.5) is 14.5 Å². The first-order chi connectivity index (χ1) is 6.43. The highest BCUT2D eigenvalue weighted by molar-refractivity contribution is 5.99. The van der Waals surface area contributed by atoms with Crippen LogP contribution in [-0.2, 0) is 0 Å². The predicted molar refractivity (Wildman–Crippen MR) is 50.6 cm³/mol. The Kier molecular flexibility index (Phi) is 2.84. The summed E-state index contributed by atoms with van der Waals surface area (Å²) in [6.07, 6.45) is -2.65. The molecule has 14 heavy (non-hydrogen) atoms. The molecular formula is C10H11F2NO. The number of nitrogen functional groups attached to an aromatic ring is 1. The highest BCUT2D eigenvalue weighted by atomic mass is 19.3. The van der Waals surface area contributed by atoms with E-state index in [4.69, 9.17) is 5.73 Å². The second kappa shape index (κ2) is 3.74. The van der Waals surface area contributed by atoms with Crippen molar-refractivity contribution in [2.75, 3.05) is 5.73 Å². The fourth-order valence-corrected chi connectivity index (χ4v) is 1.30. The summed E-state index contributed by atoms with van der Waals surface area (Å²) in [5.41, 5.74) is 5.85. The number of aryl methyl sites for hydroxylation is 1. The first kappa shape index (κ1) is 10.6. The third-order valence-corrected chi connectivity index (χ3v) is 1.97. The van der Waals surface area contributed by atoms with Crippen molar-refractivity contribution in [1.82, 2.24) is 0 Å². The fraction of sp³-hybridized carbons (Fsp3) is 0.300. The zero-order valence-corrected chi connectivity index (χ0v) is 7.97. The number of alkyl halides is 2. The van der Waals surface area contributed by atoms with Gasteiger partial charge in [-0.3, -0.25) is 4.79 Å². The smallest absolute Gasteiger partial charge is 0.265 e. The van der Waals surface area contributed by atoms with Crippen molar-refractivity contribution < 1.29 is 13.6 Å². The minimum Gasteiger partial charge on any atom is -0.398 e. The average molecular weight is 199 g/mol. The highest BCUT2D eigenvalue weighted by Gasteiger charge is 2.16. The SMILES string of the molecule is CC(=O)c1cc(C)cc(C(F)F)c1N. The molecule has 0 bridgehead atoms. The van der Waals surface area contributed by atoms with Crippen molar-refractivity contribution in [3.05, 3.63) is 28.8 Å². The van der Waals surface area contributed by atoms with E-state index in [-0.39, 0.29) is 22.6 Å². The largest absolute Gasteiger partial charge is 0.398 e. The molecule has 1 aromatic rings. The van der Waals surface area contributed by atoms with Crippen molar-refractivity contribution in [3.63, 3.8) is 0 Å². The normalized spacial score (nSPS) is 10.6. The minimum absolute atomic E-state index is 0.113. The van der Waals surface area contributed by atoms with Gasteiger partial charge in [0.25, 0.3) is 6.43 Å². The monoisotopic (exact) mass is 199 g/mol. The lowest BCUT2D eigenvalue weighted by atomic mass is 10.0. The molecule has 0 aliphatic heterocycles. The molecule has 0 atom stereocenters. The summed E-state index contributed by atoms with van der Waals surface area (Å²) in [5.74, 6) is -0.298. The van der Waals surface area contributed by atoms with Gasteiger partial charge in [0.1, 0.15) is 0 Å². The number of ketones is 1. The van der Waals surface area contributed by atoms with Crippen molar-refractivity contribution in [2.45, 2.75) is 20.3 Å². The Morgan fingerprint density at radius 2 is 2.00 bits per heavy atom. The highest BCUT2D eigenvalue weighted by Crippen LogP contribution is 2.29. The number of rotatable bonds is 2. The van der Waals surface area contributed by atoms with E-state index in [1.54, 1.807) is 6.92 Å². The molecule has 0 fully saturated rings. The van der Waals surface area contributed by atoms with Crippen molar-refractivity contribution in [1.29, 1.82) is 0 Å². The van der Waals surface area contributed by atoms with E-state index < -0.39 is 6.43 Å². The molecule has 76 valence electrons. The summed E-state index contributed by atoms with van der Waals surface area (Å²) in [6, 6.07) is 2.82. The number of nitrogens with two attached hydrogens (primary N) is 1. The van der Waals surface area contributed by atoms with E-state index in [9.17, 15) is 13.6 Å². The van der Waals surface area contributed by atoms with Crippen LogP contribution in [-0.4, -0.2) is 5.78 Å². The lowest BCUT2D eigenvalue weighted by molar-refractivity contribution is 0.101. The van der Waals surface area contributed by atoms with Crippen molar-refractivity contribution in [3.8, 4) is 0 Å². The minimum atomic E-state index is -2.65. The van der Waals surface area contributed by atoms with Gasteiger partial charge < -0.3 is 5.73 Å². The summed E-state index contributed by atoms with van der Waals surface area (Å²) in [7, 11) is 0. The molecule has 0 radical (unpaired) electrons. The van der Waals surface area contributed by atoms with Gasteiger partial charge in [0.05, 0.1) is 5.69 Å². The van der Waals surface area contributed by atoms with Crippen LogP contribution in [0.5, 0.6) is 0 Å². The van der Waals surface area contributed by atoms with Gasteiger partial charge in [-0.15, -0.1) is 0 Å². The van der Waals surface area contributed by atoms with E-state index in [2.05, 4.69) is 0 Å². The number of carbonyl (C=O) groups is 1. The van der Waals surface area contributed by atoms with Gasteiger partial charge in [-0.05, 0) is 31.5 Å². The molecule has 4 heteroatoms. The van der Waals surface area contributed by atoms with Crippen LogP contribution in [0.15, 0.2) is 12.1 Å². The van der Waals surface area contributed by atoms with E-state index in [1.165, 1.54) is 19.1 Å². The number of anilines is 1. The summed E-state index contributed by atoms with van der Waals surface area (Å²) in [4.78, 5) is 11.1. The number of Topliss-reactive ketones (excluding diaryl/α,β-unsaturated/α-hetero) is 1. The first-order valence-electron chi connectivity index (χ1n) is 4.12. The molecule has 0 aromatic heterocycles. The maximum absolute atomic E-state index is 12.5. The Bertz CT molecular complexity index is 375. The van der Waals surface area contributed by atoms with Crippen LogP contribution in [0, 0.1) is 6.92 Å². The zero-order chi connectivity index (χ0) is 10.9. The number of carbonyl (C=O) groups excluding carboxylic acids is 1. The topological polar surface area (TPSA) is 43.1 Å². The van der Waals surface area contributed by atoms with Crippen LogP contribution in [0.25, 0.3) is 0 Å². The Morgan fingerprint density at radius 3 is 2.43 bits per heavy atom. The van der Waals surface area contributed by atoms with E-state index >= 15 is 0 Å². The van der Waals surface area contributed by atoms with Gasteiger partial charge in [0, 0.05) is 11.1 Å². The predicted octanol–water partition coefficient (Wildman–Crippen LogP) is 2.72. The lowest BCUT2D eigenvalue weighted by Gasteiger charge is -2.09. The Hall–Kier alpha value is -1.45. The molecule has 0 amide bonds. The molecule has 0 saturated heterocycles. The zero-order valence-electron chi connectivity index (χ0n) is 7.97. The molecule has 0 unspecified atom stereocenters. The van der Waals surface area contributed by atoms with Gasteiger partial charge in [0.2, 0.25) is 0 Å². The Morgan fingerprint density at radius 1 is 1.43 bits per heavy atom. The molecule has 0 saturated carbocycles. The van der Waals surface area contributed by atoms with E-state index in [1.807, 2.05) is 0 Å². The van der Waals surface area contributed by atoms with Crippen molar-refractivity contribution >= 4 is 11.5 Å². The Labute approximate surface area is 80.7 Å². The number of hydrogen-bond donors (Lipinski definition) is 1. The lowest BCUT2D eigenvalue weighted by Crippen LogP contribution is -2.04. The maximum atomic E-state index is 12.5. The maximum Gasteiger partial charge on any atom is 0.265 e. The number of benzene rings is 1. The molecule has 1 aromatic carbocycles. The van der Waals surface area contributed by atoms with Gasteiger partial charge in [-0.25, -0.2) is 8.78 Å². The second-order valence-electron chi connectivity index (χ2n) is 3.17. The van der Waals surface area contributed by atoms with Crippen LogP contribution in [0.3, 0.4) is 0 Å². The second-order valence-corrected chi connectivity index (χ2v) is 3.17. The Balaban J connectivity index is 3.40. The third-order valence-electron chi connectivity index (χ3n) is 1.97. The van der Waals surface area contributed by atoms with Gasteiger partial charge >= 0.3 is 0 Å². The fourth-order valence-electron chi connectivity index (χ4n) is 1.30. The van der Waals surface area contributed by atoms with E-state index in [0.29, 0.717) is 5.56 Å². The molecule has 1 rings (SSSR count). The van der Waals surface area contributed by atoms with Gasteiger partial charge in [0.15, 0.2) is 5.78 Å². The first-order valence-corrected chi connectivity index (χ1v) is 4.12. The van der Waals surface area contributed by atoms with Gasteiger partial charge in [-0.2, -0.15) is 0 Å². The van der Waals surface area contributed by atoms with Crippen LogP contribution in [0.2, 0.25) is 0 Å². The third kappa shape index (κ3) is 1.89. The summed E-state index contributed by atoms with van der Waals surface area (Å²) < 4.78 is 24.9. The summed E-state index contributed by atoms with van der Waals surface area (Å²) in [5, 5.41) is 0. The average Bonchev–Trinajstić information content (AvgIpc) is 2.07. The number of hydrogen-bond acceptors (Lipinski definition) is 2. The van der Waals surface area contributed by atoms with E-state index in [0.717, 1.165) is 0 Å². The molecule has 0 heterocycles. The number of halogens is 2. The van der Waals surface area contributed by atoms with Crippen LogP contribution < -0.4 is 5.73 Å². The molecule has 0 spiro atoms.